The fourth-order valence-electron chi connectivity index (χ4n) is 1.27. The minimum atomic E-state index is -0.390. The third kappa shape index (κ3) is 1.62. The molecule has 1 unspecified atom stereocenters. The summed E-state index contributed by atoms with van der Waals surface area (Å²) in [7, 11) is 5.65. The molecule has 2 aromatic rings. The van der Waals surface area contributed by atoms with Gasteiger partial charge >= 0.3 is 0 Å². The van der Waals surface area contributed by atoms with E-state index in [1.807, 2.05) is 24.3 Å². The molecule has 1 N–H and O–H groups in total. The van der Waals surface area contributed by atoms with E-state index in [0.29, 0.717) is 0 Å². The SMILES string of the molecule is [B]c1ccc2cc(C(C)O)sc2c1. The van der Waals surface area contributed by atoms with E-state index in [9.17, 15) is 5.11 Å². The van der Waals surface area contributed by atoms with Crippen LogP contribution < -0.4 is 5.46 Å². The zero-order chi connectivity index (χ0) is 9.42. The predicted octanol–water partition coefficient (Wildman–Crippen LogP) is 1.75. The first-order chi connectivity index (χ1) is 6.16. The molecule has 0 aliphatic heterocycles. The first kappa shape index (κ1) is 8.79. The van der Waals surface area contributed by atoms with E-state index in [2.05, 4.69) is 0 Å². The number of hydrogen-bond acceptors (Lipinski definition) is 2. The van der Waals surface area contributed by atoms with Crippen LogP contribution >= 0.6 is 11.3 Å². The highest BCUT2D eigenvalue weighted by Crippen LogP contribution is 2.28. The predicted molar refractivity (Wildman–Crippen MR) is 57.8 cm³/mol. The number of hydrogen-bond donors (Lipinski definition) is 1. The van der Waals surface area contributed by atoms with Crippen molar-refractivity contribution >= 4 is 34.7 Å². The fraction of sp³-hybridized carbons (Fsp3) is 0.200. The maximum atomic E-state index is 9.37. The lowest BCUT2D eigenvalue weighted by molar-refractivity contribution is 0.203. The Bertz CT molecular complexity index is 433. The number of aliphatic hydroxyl groups is 1. The van der Waals surface area contributed by atoms with Gasteiger partial charge in [0.05, 0.1) is 6.10 Å². The summed E-state index contributed by atoms with van der Waals surface area (Å²) in [6.45, 7) is 1.77. The second-order valence-corrected chi connectivity index (χ2v) is 4.24. The Labute approximate surface area is 82.4 Å². The summed E-state index contributed by atoms with van der Waals surface area (Å²) in [5, 5.41) is 10.5. The molecule has 0 saturated carbocycles. The first-order valence-corrected chi connectivity index (χ1v) is 4.95. The van der Waals surface area contributed by atoms with Crippen molar-refractivity contribution in [2.45, 2.75) is 13.0 Å². The van der Waals surface area contributed by atoms with Gasteiger partial charge in [0.25, 0.3) is 0 Å². The molecule has 2 rings (SSSR count). The first-order valence-electron chi connectivity index (χ1n) is 4.14. The third-order valence-electron chi connectivity index (χ3n) is 1.97. The third-order valence-corrected chi connectivity index (χ3v) is 3.24. The van der Waals surface area contributed by atoms with Crippen molar-refractivity contribution in [3.05, 3.63) is 29.1 Å². The lowest BCUT2D eigenvalue weighted by atomic mass is 9.96. The van der Waals surface area contributed by atoms with E-state index in [1.54, 1.807) is 18.3 Å². The topological polar surface area (TPSA) is 20.2 Å². The van der Waals surface area contributed by atoms with Gasteiger partial charge in [-0.2, -0.15) is 0 Å². The average Bonchev–Trinajstić information content (AvgIpc) is 2.46. The summed E-state index contributed by atoms with van der Waals surface area (Å²) in [6, 6.07) is 7.80. The van der Waals surface area contributed by atoms with Crippen LogP contribution in [0.2, 0.25) is 0 Å². The normalized spacial score (nSPS) is 13.4. The monoisotopic (exact) mass is 188 g/mol. The van der Waals surface area contributed by atoms with Crippen LogP contribution in [0.4, 0.5) is 0 Å². The van der Waals surface area contributed by atoms with Crippen LogP contribution in [0.25, 0.3) is 10.1 Å². The maximum Gasteiger partial charge on any atom is 0.113 e. The molecule has 64 valence electrons. The molecule has 13 heavy (non-hydrogen) atoms. The van der Waals surface area contributed by atoms with Crippen molar-refractivity contribution in [3.63, 3.8) is 0 Å². The van der Waals surface area contributed by atoms with Gasteiger partial charge in [0.1, 0.15) is 7.85 Å². The molecule has 1 aromatic carbocycles. The second-order valence-electron chi connectivity index (χ2n) is 3.12. The van der Waals surface area contributed by atoms with Crippen LogP contribution in [0, 0.1) is 0 Å². The number of rotatable bonds is 1. The highest BCUT2D eigenvalue weighted by Gasteiger charge is 2.05. The van der Waals surface area contributed by atoms with E-state index in [-0.39, 0.29) is 0 Å². The summed E-state index contributed by atoms with van der Waals surface area (Å²) < 4.78 is 1.14. The summed E-state index contributed by atoms with van der Waals surface area (Å²) in [5.41, 5.74) is 0.770. The molecule has 0 fully saturated rings. The van der Waals surface area contributed by atoms with Gasteiger partial charge in [-0.05, 0) is 18.4 Å². The van der Waals surface area contributed by atoms with Gasteiger partial charge in [-0.15, -0.1) is 11.3 Å². The summed E-state index contributed by atoms with van der Waals surface area (Å²) >= 11 is 1.59. The van der Waals surface area contributed by atoms with Crippen molar-refractivity contribution in [3.8, 4) is 0 Å². The Morgan fingerprint density at radius 3 is 2.85 bits per heavy atom. The Balaban J connectivity index is 2.62. The number of thiophene rings is 1. The van der Waals surface area contributed by atoms with Crippen LogP contribution in [0.15, 0.2) is 24.3 Å². The van der Waals surface area contributed by atoms with Gasteiger partial charge < -0.3 is 5.11 Å². The molecule has 0 saturated heterocycles. The van der Waals surface area contributed by atoms with Crippen LogP contribution in [0.5, 0.6) is 0 Å². The Kier molecular flexibility index (Phi) is 2.14. The lowest BCUT2D eigenvalue weighted by Gasteiger charge is -1.95. The zero-order valence-electron chi connectivity index (χ0n) is 7.32. The maximum absolute atomic E-state index is 9.37. The summed E-state index contributed by atoms with van der Waals surface area (Å²) in [4.78, 5) is 0.987. The molecule has 1 aromatic heterocycles. The second kappa shape index (κ2) is 3.16. The molecule has 2 radical (unpaired) electrons. The molecule has 1 nitrogen and oxygen atoms in total. The van der Waals surface area contributed by atoms with E-state index in [1.165, 1.54) is 0 Å². The van der Waals surface area contributed by atoms with Crippen LogP contribution in [-0.4, -0.2) is 13.0 Å². The number of aliphatic hydroxyl groups excluding tert-OH is 1. The van der Waals surface area contributed by atoms with Gasteiger partial charge in [-0.25, -0.2) is 0 Å². The smallest absolute Gasteiger partial charge is 0.113 e. The zero-order valence-corrected chi connectivity index (χ0v) is 8.14. The van der Waals surface area contributed by atoms with Crippen LogP contribution in [0.3, 0.4) is 0 Å². The van der Waals surface area contributed by atoms with Gasteiger partial charge in [0.2, 0.25) is 0 Å². The largest absolute Gasteiger partial charge is 0.388 e. The molecular formula is C10H9BOS. The molecule has 1 heterocycles. The van der Waals surface area contributed by atoms with Crippen molar-refractivity contribution in [2.24, 2.45) is 0 Å². The number of benzene rings is 1. The van der Waals surface area contributed by atoms with Gasteiger partial charge in [-0.1, -0.05) is 23.7 Å². The quantitative estimate of drug-likeness (QED) is 0.676. The molecule has 1 atom stereocenters. The van der Waals surface area contributed by atoms with Gasteiger partial charge in [-0.3, -0.25) is 0 Å². The Hall–Kier alpha value is -0.795. The molecular weight excluding hydrogens is 179 g/mol. The molecule has 3 heteroatoms. The van der Waals surface area contributed by atoms with E-state index >= 15 is 0 Å². The van der Waals surface area contributed by atoms with Gasteiger partial charge in [0.15, 0.2) is 0 Å². The van der Waals surface area contributed by atoms with Crippen molar-refractivity contribution < 1.29 is 5.11 Å². The molecule has 0 spiro atoms. The molecule has 0 aliphatic rings. The summed E-state index contributed by atoms with van der Waals surface area (Å²) in [5.74, 6) is 0. The Morgan fingerprint density at radius 2 is 2.15 bits per heavy atom. The molecule has 0 amide bonds. The van der Waals surface area contributed by atoms with Crippen molar-refractivity contribution in [1.82, 2.24) is 0 Å². The van der Waals surface area contributed by atoms with Crippen LogP contribution in [-0.2, 0) is 0 Å². The standard InChI is InChI=1S/C10H9BOS/c1-6(12)9-4-7-2-3-8(11)5-10(7)13-9/h2-6,12H,1H3. The molecule has 0 aliphatic carbocycles. The van der Waals surface area contributed by atoms with Crippen LogP contribution in [0.1, 0.15) is 17.9 Å². The van der Waals surface area contributed by atoms with E-state index in [4.69, 9.17) is 7.85 Å². The van der Waals surface area contributed by atoms with Crippen molar-refractivity contribution in [1.29, 1.82) is 0 Å². The highest BCUT2D eigenvalue weighted by molar-refractivity contribution is 7.19. The Morgan fingerprint density at radius 1 is 1.38 bits per heavy atom. The van der Waals surface area contributed by atoms with Gasteiger partial charge in [0, 0.05) is 9.58 Å². The van der Waals surface area contributed by atoms with E-state index in [0.717, 1.165) is 20.4 Å². The average molecular weight is 188 g/mol. The number of fused-ring (bicyclic) bond motifs is 1. The fourth-order valence-corrected chi connectivity index (χ4v) is 2.32. The molecule has 0 bridgehead atoms. The lowest BCUT2D eigenvalue weighted by Crippen LogP contribution is -1.98. The minimum absolute atomic E-state index is 0.390. The minimum Gasteiger partial charge on any atom is -0.388 e. The van der Waals surface area contributed by atoms with E-state index < -0.39 is 6.10 Å². The summed E-state index contributed by atoms with van der Waals surface area (Å²) in [6.07, 6.45) is -0.390. The van der Waals surface area contributed by atoms with Crippen molar-refractivity contribution in [2.75, 3.05) is 0 Å². The highest BCUT2D eigenvalue weighted by atomic mass is 32.1.